The molecule has 0 saturated heterocycles. The minimum Gasteiger partial charge on any atom is -0.483 e. The number of amides is 1. The maximum atomic E-state index is 12.8. The average Bonchev–Trinajstić information content (AvgIpc) is 2.69. The van der Waals surface area contributed by atoms with Crippen LogP contribution in [0, 0.1) is 13.8 Å². The second-order valence-electron chi connectivity index (χ2n) is 7.03. The SMILES string of the molecule is CCCN(CCC)S(=O)(=O)c1ccc(NC(=O)COc2cc(C)ccc2C)cc1. The van der Waals surface area contributed by atoms with Gasteiger partial charge in [0.15, 0.2) is 6.61 Å². The lowest BCUT2D eigenvalue weighted by atomic mass is 10.1. The first-order valence-electron chi connectivity index (χ1n) is 9.88. The van der Waals surface area contributed by atoms with Crippen LogP contribution >= 0.6 is 0 Å². The number of benzene rings is 2. The van der Waals surface area contributed by atoms with Crippen molar-refractivity contribution in [2.75, 3.05) is 25.0 Å². The van der Waals surface area contributed by atoms with E-state index < -0.39 is 10.0 Å². The molecule has 7 heteroatoms. The summed E-state index contributed by atoms with van der Waals surface area (Å²) in [4.78, 5) is 12.4. The largest absolute Gasteiger partial charge is 0.483 e. The number of hydrogen-bond donors (Lipinski definition) is 1. The maximum Gasteiger partial charge on any atom is 0.262 e. The standard InChI is InChI=1S/C22H30N2O4S/c1-5-13-24(14-6-2)29(26,27)20-11-9-19(10-12-20)23-22(25)16-28-21-15-17(3)7-8-18(21)4/h7-12,15H,5-6,13-14,16H2,1-4H3,(H,23,25). The smallest absolute Gasteiger partial charge is 0.262 e. The van der Waals surface area contributed by atoms with Crippen LogP contribution in [0.5, 0.6) is 5.75 Å². The molecule has 0 spiro atoms. The number of rotatable bonds is 10. The first-order chi connectivity index (χ1) is 13.8. The van der Waals surface area contributed by atoms with E-state index in [1.807, 2.05) is 45.9 Å². The Morgan fingerprint density at radius 3 is 2.21 bits per heavy atom. The zero-order valence-electron chi connectivity index (χ0n) is 17.6. The van der Waals surface area contributed by atoms with E-state index in [1.165, 1.54) is 16.4 Å². The van der Waals surface area contributed by atoms with Crippen molar-refractivity contribution >= 4 is 21.6 Å². The topological polar surface area (TPSA) is 75.7 Å². The molecule has 0 bridgehead atoms. The summed E-state index contributed by atoms with van der Waals surface area (Å²) in [5, 5.41) is 2.73. The quantitative estimate of drug-likeness (QED) is 0.629. The zero-order chi connectivity index (χ0) is 21.4. The van der Waals surface area contributed by atoms with Crippen LogP contribution in [-0.2, 0) is 14.8 Å². The first kappa shape index (κ1) is 22.9. The van der Waals surface area contributed by atoms with E-state index in [0.29, 0.717) is 24.5 Å². The second kappa shape index (κ2) is 10.4. The summed E-state index contributed by atoms with van der Waals surface area (Å²) in [7, 11) is -3.53. The molecule has 1 amide bonds. The molecule has 0 heterocycles. The lowest BCUT2D eigenvalue weighted by Gasteiger charge is -2.21. The predicted molar refractivity (Wildman–Crippen MR) is 116 cm³/mol. The van der Waals surface area contributed by atoms with E-state index >= 15 is 0 Å². The molecule has 0 fully saturated rings. The summed E-state index contributed by atoms with van der Waals surface area (Å²) in [6.45, 7) is 8.66. The molecule has 2 rings (SSSR count). The monoisotopic (exact) mass is 418 g/mol. The predicted octanol–water partition coefficient (Wildman–Crippen LogP) is 4.13. The van der Waals surface area contributed by atoms with Crippen molar-refractivity contribution in [3.63, 3.8) is 0 Å². The number of sulfonamides is 1. The van der Waals surface area contributed by atoms with Crippen molar-refractivity contribution in [2.24, 2.45) is 0 Å². The highest BCUT2D eigenvalue weighted by Crippen LogP contribution is 2.20. The van der Waals surface area contributed by atoms with Crippen LogP contribution < -0.4 is 10.1 Å². The van der Waals surface area contributed by atoms with E-state index in [0.717, 1.165) is 24.0 Å². The van der Waals surface area contributed by atoms with Crippen LogP contribution in [0.25, 0.3) is 0 Å². The Kier molecular flexibility index (Phi) is 8.22. The third-order valence-electron chi connectivity index (χ3n) is 4.42. The Morgan fingerprint density at radius 2 is 1.62 bits per heavy atom. The summed E-state index contributed by atoms with van der Waals surface area (Å²) in [5.41, 5.74) is 2.54. The summed E-state index contributed by atoms with van der Waals surface area (Å²) < 4.78 is 32.7. The van der Waals surface area contributed by atoms with Gasteiger partial charge in [-0.15, -0.1) is 0 Å². The number of carbonyl (C=O) groups excluding carboxylic acids is 1. The van der Waals surface area contributed by atoms with E-state index in [2.05, 4.69) is 5.32 Å². The number of nitrogens with one attached hydrogen (secondary N) is 1. The fraction of sp³-hybridized carbons (Fsp3) is 0.409. The van der Waals surface area contributed by atoms with Gasteiger partial charge in [-0.2, -0.15) is 4.31 Å². The van der Waals surface area contributed by atoms with Crippen molar-refractivity contribution < 1.29 is 17.9 Å². The summed E-state index contributed by atoms with van der Waals surface area (Å²) in [6, 6.07) is 12.1. The van der Waals surface area contributed by atoms with Gasteiger partial charge in [-0.25, -0.2) is 8.42 Å². The van der Waals surface area contributed by atoms with Gasteiger partial charge in [-0.05, 0) is 68.1 Å². The van der Waals surface area contributed by atoms with Crippen LogP contribution in [0.4, 0.5) is 5.69 Å². The Morgan fingerprint density at radius 1 is 1.00 bits per heavy atom. The molecule has 1 N–H and O–H groups in total. The van der Waals surface area contributed by atoms with Gasteiger partial charge in [0.2, 0.25) is 10.0 Å². The molecule has 0 saturated carbocycles. The van der Waals surface area contributed by atoms with Crippen LogP contribution in [0.2, 0.25) is 0 Å². The summed E-state index contributed by atoms with van der Waals surface area (Å²) in [5.74, 6) is 0.369. The fourth-order valence-electron chi connectivity index (χ4n) is 2.91. The fourth-order valence-corrected chi connectivity index (χ4v) is 4.54. The Hall–Kier alpha value is -2.38. The minimum atomic E-state index is -3.53. The van der Waals surface area contributed by atoms with E-state index in [4.69, 9.17) is 4.74 Å². The van der Waals surface area contributed by atoms with E-state index in [1.54, 1.807) is 12.1 Å². The highest BCUT2D eigenvalue weighted by molar-refractivity contribution is 7.89. The molecule has 0 unspecified atom stereocenters. The molecule has 6 nitrogen and oxygen atoms in total. The van der Waals surface area contributed by atoms with Crippen molar-refractivity contribution in [1.82, 2.24) is 4.31 Å². The second-order valence-corrected chi connectivity index (χ2v) is 8.97. The number of nitrogens with zero attached hydrogens (tertiary/aromatic N) is 1. The molecule has 0 aromatic heterocycles. The summed E-state index contributed by atoms with van der Waals surface area (Å²) in [6.07, 6.45) is 1.52. The Balaban J connectivity index is 2.00. The third-order valence-corrected chi connectivity index (χ3v) is 6.34. The van der Waals surface area contributed by atoms with Gasteiger partial charge in [0.25, 0.3) is 5.91 Å². The van der Waals surface area contributed by atoms with Gasteiger partial charge >= 0.3 is 0 Å². The van der Waals surface area contributed by atoms with Crippen molar-refractivity contribution in [2.45, 2.75) is 45.4 Å². The van der Waals surface area contributed by atoms with Gasteiger partial charge in [0.1, 0.15) is 5.75 Å². The number of carbonyl (C=O) groups is 1. The van der Waals surface area contributed by atoms with Gasteiger partial charge in [0.05, 0.1) is 4.90 Å². The Labute approximate surface area is 173 Å². The van der Waals surface area contributed by atoms with Gasteiger partial charge in [-0.1, -0.05) is 26.0 Å². The molecule has 0 radical (unpaired) electrons. The number of anilines is 1. The molecule has 29 heavy (non-hydrogen) atoms. The number of aryl methyl sites for hydroxylation is 2. The molecule has 0 atom stereocenters. The van der Waals surface area contributed by atoms with Crippen LogP contribution in [-0.4, -0.2) is 38.3 Å². The molecule has 2 aromatic carbocycles. The molecule has 0 aliphatic heterocycles. The maximum absolute atomic E-state index is 12.8. The van der Waals surface area contributed by atoms with Gasteiger partial charge < -0.3 is 10.1 Å². The molecule has 0 aliphatic carbocycles. The normalized spacial score (nSPS) is 11.5. The van der Waals surface area contributed by atoms with Crippen molar-refractivity contribution in [1.29, 1.82) is 0 Å². The molecule has 2 aromatic rings. The molecular formula is C22H30N2O4S. The lowest BCUT2D eigenvalue weighted by Crippen LogP contribution is -2.32. The van der Waals surface area contributed by atoms with E-state index in [9.17, 15) is 13.2 Å². The van der Waals surface area contributed by atoms with Crippen LogP contribution in [0.3, 0.4) is 0 Å². The molecule has 158 valence electrons. The lowest BCUT2D eigenvalue weighted by molar-refractivity contribution is -0.118. The highest BCUT2D eigenvalue weighted by atomic mass is 32.2. The number of ether oxygens (including phenoxy) is 1. The summed E-state index contributed by atoms with van der Waals surface area (Å²) >= 11 is 0. The molecular weight excluding hydrogens is 388 g/mol. The van der Waals surface area contributed by atoms with Crippen LogP contribution in [0.15, 0.2) is 47.4 Å². The highest BCUT2D eigenvalue weighted by Gasteiger charge is 2.22. The first-order valence-corrected chi connectivity index (χ1v) is 11.3. The third kappa shape index (κ3) is 6.30. The van der Waals surface area contributed by atoms with Gasteiger partial charge in [-0.3, -0.25) is 4.79 Å². The van der Waals surface area contributed by atoms with E-state index in [-0.39, 0.29) is 17.4 Å². The van der Waals surface area contributed by atoms with Crippen LogP contribution in [0.1, 0.15) is 37.8 Å². The molecule has 0 aliphatic rings. The van der Waals surface area contributed by atoms with Crippen molar-refractivity contribution in [3.05, 3.63) is 53.6 Å². The minimum absolute atomic E-state index is 0.120. The van der Waals surface area contributed by atoms with Gasteiger partial charge in [0, 0.05) is 18.8 Å². The zero-order valence-corrected chi connectivity index (χ0v) is 18.4. The number of hydrogen-bond acceptors (Lipinski definition) is 4. The Bertz CT molecular complexity index is 918. The van der Waals surface area contributed by atoms with Crippen molar-refractivity contribution in [3.8, 4) is 5.75 Å². The average molecular weight is 419 g/mol.